The van der Waals surface area contributed by atoms with Gasteiger partial charge in [0.1, 0.15) is 17.1 Å². The summed E-state index contributed by atoms with van der Waals surface area (Å²) in [4.78, 5) is 41.7. The number of nitrogens with zero attached hydrogens (tertiary/aromatic N) is 5. The van der Waals surface area contributed by atoms with Crippen LogP contribution in [0.5, 0.6) is 0 Å². The van der Waals surface area contributed by atoms with Crippen molar-refractivity contribution >= 4 is 35.1 Å². The molecular formula is C26H31ClN6O3. The summed E-state index contributed by atoms with van der Waals surface area (Å²) in [6.45, 7) is 6.15. The lowest BCUT2D eigenvalue weighted by molar-refractivity contribution is -0.124. The van der Waals surface area contributed by atoms with Gasteiger partial charge in [-0.1, -0.05) is 46.6 Å². The van der Waals surface area contributed by atoms with Crippen molar-refractivity contribution in [2.75, 3.05) is 44.2 Å². The van der Waals surface area contributed by atoms with Crippen molar-refractivity contribution in [1.29, 1.82) is 0 Å². The topological polar surface area (TPSA) is 90.4 Å². The van der Waals surface area contributed by atoms with Crippen LogP contribution >= 0.6 is 11.6 Å². The van der Waals surface area contributed by atoms with Gasteiger partial charge in [0.2, 0.25) is 0 Å². The van der Waals surface area contributed by atoms with Crippen molar-refractivity contribution in [3.63, 3.8) is 0 Å². The fraction of sp³-hybridized carbons (Fsp3) is 0.462. The Kier molecular flexibility index (Phi) is 7.00. The molecule has 0 radical (unpaired) electrons. The van der Waals surface area contributed by atoms with E-state index in [2.05, 4.69) is 20.4 Å². The number of carbonyl (C=O) groups is 2. The third kappa shape index (κ3) is 5.26. The largest absolute Gasteiger partial charge is 0.388 e. The number of oxime groups is 1. The van der Waals surface area contributed by atoms with Crippen molar-refractivity contribution in [3.8, 4) is 0 Å². The Morgan fingerprint density at radius 2 is 1.75 bits per heavy atom. The zero-order valence-corrected chi connectivity index (χ0v) is 21.2. The number of aromatic nitrogens is 1. The molecule has 0 bridgehead atoms. The second kappa shape index (κ2) is 10.3. The van der Waals surface area contributed by atoms with E-state index in [-0.39, 0.29) is 11.9 Å². The molecule has 0 aliphatic carbocycles. The molecule has 2 aromatic rings. The van der Waals surface area contributed by atoms with Gasteiger partial charge in [0.05, 0.1) is 5.02 Å². The second-order valence-corrected chi connectivity index (χ2v) is 10.1. The molecule has 1 aromatic carbocycles. The summed E-state index contributed by atoms with van der Waals surface area (Å²) in [7, 11) is 0. The Labute approximate surface area is 216 Å². The van der Waals surface area contributed by atoms with Gasteiger partial charge in [-0.2, -0.15) is 0 Å². The zero-order valence-electron chi connectivity index (χ0n) is 20.5. The Bertz CT molecular complexity index is 1140. The number of likely N-dealkylation sites (tertiary alicyclic amines) is 1. The molecule has 0 unspecified atom stereocenters. The van der Waals surface area contributed by atoms with Gasteiger partial charge in [0, 0.05) is 71.3 Å². The van der Waals surface area contributed by atoms with E-state index in [0.717, 1.165) is 11.4 Å². The molecule has 1 N–H and O–H groups in total. The first kappa shape index (κ1) is 24.4. The number of benzene rings is 1. The molecule has 1 aromatic heterocycles. The van der Waals surface area contributed by atoms with E-state index in [9.17, 15) is 9.59 Å². The summed E-state index contributed by atoms with van der Waals surface area (Å²) in [6.07, 6.45) is 3.51. The van der Waals surface area contributed by atoms with Crippen molar-refractivity contribution in [1.82, 2.24) is 20.1 Å². The maximum atomic E-state index is 13.1. The van der Waals surface area contributed by atoms with Gasteiger partial charge in [-0.3, -0.25) is 4.79 Å². The van der Waals surface area contributed by atoms with Gasteiger partial charge in [0.25, 0.3) is 5.91 Å². The van der Waals surface area contributed by atoms with E-state index in [1.807, 2.05) is 53.1 Å². The zero-order chi connectivity index (χ0) is 25.1. The van der Waals surface area contributed by atoms with Crippen molar-refractivity contribution in [2.24, 2.45) is 5.16 Å². The van der Waals surface area contributed by atoms with Crippen LogP contribution in [0.3, 0.4) is 0 Å². The van der Waals surface area contributed by atoms with Gasteiger partial charge >= 0.3 is 6.03 Å². The van der Waals surface area contributed by atoms with E-state index < -0.39 is 5.60 Å². The number of piperidine rings is 1. The Balaban J connectivity index is 1.08. The lowest BCUT2D eigenvalue weighted by atomic mass is 9.86. The highest BCUT2D eigenvalue weighted by Gasteiger charge is 2.45. The highest BCUT2D eigenvalue weighted by molar-refractivity contribution is 6.39. The normalized spacial score (nSPS) is 19.2. The molecule has 0 atom stereocenters. The van der Waals surface area contributed by atoms with Crippen LogP contribution < -0.4 is 10.2 Å². The number of carbonyl (C=O) groups excluding carboxylic acids is 2. The van der Waals surface area contributed by atoms with Crippen LogP contribution in [0.1, 0.15) is 30.4 Å². The minimum Gasteiger partial charge on any atom is -0.388 e. The predicted octanol–water partition coefficient (Wildman–Crippen LogP) is 3.21. The number of piperazine rings is 1. The number of urea groups is 1. The van der Waals surface area contributed by atoms with Crippen molar-refractivity contribution in [3.05, 3.63) is 58.7 Å². The molecule has 1 spiro atoms. The maximum absolute atomic E-state index is 13.1. The fourth-order valence-electron chi connectivity index (χ4n) is 4.93. The first-order chi connectivity index (χ1) is 17.4. The lowest BCUT2D eigenvalue weighted by Gasteiger charge is -2.37. The molecule has 9 nitrogen and oxygen atoms in total. The monoisotopic (exact) mass is 510 g/mol. The van der Waals surface area contributed by atoms with E-state index in [4.69, 9.17) is 16.4 Å². The predicted molar refractivity (Wildman–Crippen MR) is 138 cm³/mol. The molecule has 0 saturated carbocycles. The van der Waals surface area contributed by atoms with E-state index >= 15 is 0 Å². The number of aryl methyl sites for hydroxylation is 1. The Morgan fingerprint density at radius 1 is 1.03 bits per heavy atom. The van der Waals surface area contributed by atoms with Crippen LogP contribution in [0.25, 0.3) is 0 Å². The standard InChI is InChI=1S/C26H31ClN6O3/c1-19-4-6-20(7-5-19)18-29-25(35)33-11-8-26(9-12-33)17-22(30-36-26)24(34)32-15-13-31(14-16-32)23-21(27)3-2-10-28-23/h2-7,10H,8-9,11-18H2,1H3,(H,29,35). The number of hydrogen-bond acceptors (Lipinski definition) is 6. The van der Waals surface area contributed by atoms with Crippen LogP contribution in [0.4, 0.5) is 10.6 Å². The Hall–Kier alpha value is -3.33. The van der Waals surface area contributed by atoms with E-state index in [1.165, 1.54) is 5.56 Å². The highest BCUT2D eigenvalue weighted by atomic mass is 35.5. The average Bonchev–Trinajstić information content (AvgIpc) is 3.32. The number of anilines is 1. The molecule has 3 aliphatic heterocycles. The fourth-order valence-corrected chi connectivity index (χ4v) is 5.17. The van der Waals surface area contributed by atoms with Crippen LogP contribution in [0.15, 0.2) is 47.8 Å². The SMILES string of the molecule is Cc1ccc(CNC(=O)N2CCC3(CC2)CC(C(=O)N2CCN(c4ncccc4Cl)CC2)=NO3)cc1. The number of hydrogen-bond donors (Lipinski definition) is 1. The highest BCUT2D eigenvalue weighted by Crippen LogP contribution is 2.35. The second-order valence-electron chi connectivity index (χ2n) is 9.71. The van der Waals surface area contributed by atoms with Gasteiger partial charge in [-0.05, 0) is 24.6 Å². The minimum absolute atomic E-state index is 0.0723. The van der Waals surface area contributed by atoms with Gasteiger partial charge in [-0.15, -0.1) is 0 Å². The number of rotatable bonds is 4. The molecule has 4 heterocycles. The number of pyridine rings is 1. The number of halogens is 1. The molecule has 10 heteroatoms. The van der Waals surface area contributed by atoms with Gasteiger partial charge in [-0.25, -0.2) is 9.78 Å². The third-order valence-electron chi connectivity index (χ3n) is 7.22. The van der Waals surface area contributed by atoms with E-state index in [0.29, 0.717) is 75.8 Å². The quantitative estimate of drug-likeness (QED) is 0.682. The summed E-state index contributed by atoms with van der Waals surface area (Å²) in [5.74, 6) is 0.679. The van der Waals surface area contributed by atoms with Crippen LogP contribution in [0, 0.1) is 6.92 Å². The molecule has 2 fully saturated rings. The molecule has 3 aliphatic rings. The number of nitrogens with one attached hydrogen (secondary N) is 1. The van der Waals surface area contributed by atoms with Gasteiger partial charge in [0.15, 0.2) is 0 Å². The van der Waals surface area contributed by atoms with Gasteiger partial charge < -0.3 is 24.9 Å². The molecule has 3 amide bonds. The lowest BCUT2D eigenvalue weighted by Crippen LogP contribution is -2.52. The molecule has 2 saturated heterocycles. The summed E-state index contributed by atoms with van der Waals surface area (Å²) in [5.41, 5.74) is 2.24. The van der Waals surface area contributed by atoms with Crippen LogP contribution in [0.2, 0.25) is 5.02 Å². The smallest absolute Gasteiger partial charge is 0.317 e. The molecule has 5 rings (SSSR count). The third-order valence-corrected chi connectivity index (χ3v) is 7.51. The number of amides is 3. The summed E-state index contributed by atoms with van der Waals surface area (Å²) < 4.78 is 0. The summed E-state index contributed by atoms with van der Waals surface area (Å²) in [5, 5.41) is 7.80. The minimum atomic E-state index is -0.498. The molecule has 190 valence electrons. The van der Waals surface area contributed by atoms with Crippen LogP contribution in [-0.4, -0.2) is 77.3 Å². The first-order valence-corrected chi connectivity index (χ1v) is 12.8. The van der Waals surface area contributed by atoms with Crippen LogP contribution in [-0.2, 0) is 16.2 Å². The summed E-state index contributed by atoms with van der Waals surface area (Å²) in [6, 6.07) is 11.7. The molecule has 36 heavy (non-hydrogen) atoms. The average molecular weight is 511 g/mol. The Morgan fingerprint density at radius 3 is 2.44 bits per heavy atom. The molecular weight excluding hydrogens is 480 g/mol. The maximum Gasteiger partial charge on any atom is 0.317 e. The van der Waals surface area contributed by atoms with E-state index in [1.54, 1.807) is 6.20 Å². The first-order valence-electron chi connectivity index (χ1n) is 12.4. The van der Waals surface area contributed by atoms with Crippen molar-refractivity contribution < 1.29 is 14.4 Å². The summed E-state index contributed by atoms with van der Waals surface area (Å²) >= 11 is 6.27. The van der Waals surface area contributed by atoms with Crippen molar-refractivity contribution in [2.45, 2.75) is 38.3 Å².